The van der Waals surface area contributed by atoms with Crippen molar-refractivity contribution >= 4 is 23.5 Å². The minimum absolute atomic E-state index is 0.306. The summed E-state index contributed by atoms with van der Waals surface area (Å²) in [7, 11) is 0. The van der Waals surface area contributed by atoms with Gasteiger partial charge in [0.2, 0.25) is 0 Å². The first-order chi connectivity index (χ1) is 12.5. The van der Waals surface area contributed by atoms with E-state index in [1.54, 1.807) is 38.1 Å². The summed E-state index contributed by atoms with van der Waals surface area (Å²) in [6, 6.07) is 6.49. The Hall–Kier alpha value is -2.63. The van der Waals surface area contributed by atoms with Gasteiger partial charge in [0.1, 0.15) is 5.60 Å². The molecule has 3 rings (SSSR count). The SMILES string of the molecule is CCOC(=O)c1ccc(NC(=O)C2=C(C)C(=O)OC23CCCCC3)cc1. The molecule has 1 fully saturated rings. The number of rotatable bonds is 4. The van der Waals surface area contributed by atoms with Gasteiger partial charge in [-0.3, -0.25) is 4.79 Å². The second-order valence-electron chi connectivity index (χ2n) is 6.70. The topological polar surface area (TPSA) is 81.7 Å². The zero-order valence-electron chi connectivity index (χ0n) is 15.1. The normalized spacial score (nSPS) is 18.6. The lowest BCUT2D eigenvalue weighted by Gasteiger charge is -2.34. The molecule has 1 aliphatic heterocycles. The van der Waals surface area contributed by atoms with Gasteiger partial charge in [-0.2, -0.15) is 0 Å². The lowest BCUT2D eigenvalue weighted by molar-refractivity contribution is -0.149. The second kappa shape index (κ2) is 7.32. The van der Waals surface area contributed by atoms with Crippen LogP contribution in [0, 0.1) is 0 Å². The molecule has 1 N–H and O–H groups in total. The molecule has 6 heteroatoms. The molecular formula is C20H23NO5. The molecule has 0 aromatic heterocycles. The highest BCUT2D eigenvalue weighted by Gasteiger charge is 2.49. The molecule has 2 aliphatic rings. The van der Waals surface area contributed by atoms with Crippen molar-refractivity contribution in [3.8, 4) is 0 Å². The first-order valence-electron chi connectivity index (χ1n) is 9.00. The van der Waals surface area contributed by atoms with Crippen molar-refractivity contribution in [2.45, 2.75) is 51.6 Å². The monoisotopic (exact) mass is 357 g/mol. The van der Waals surface area contributed by atoms with Crippen LogP contribution in [-0.4, -0.2) is 30.1 Å². The van der Waals surface area contributed by atoms with Gasteiger partial charge in [0.15, 0.2) is 0 Å². The van der Waals surface area contributed by atoms with E-state index in [4.69, 9.17) is 9.47 Å². The highest BCUT2D eigenvalue weighted by atomic mass is 16.6. The van der Waals surface area contributed by atoms with Gasteiger partial charge < -0.3 is 14.8 Å². The summed E-state index contributed by atoms with van der Waals surface area (Å²) < 4.78 is 10.6. The standard InChI is InChI=1S/C20H23NO5/c1-3-25-19(24)14-7-9-15(10-8-14)21-17(22)16-13(2)18(23)26-20(16)11-5-4-6-12-20/h7-10H,3-6,11-12H2,1-2H3,(H,21,22). The maximum absolute atomic E-state index is 12.9. The van der Waals surface area contributed by atoms with E-state index in [0.29, 0.717) is 41.8 Å². The van der Waals surface area contributed by atoms with Crippen LogP contribution < -0.4 is 5.32 Å². The van der Waals surface area contributed by atoms with Gasteiger partial charge >= 0.3 is 11.9 Å². The Kier molecular flexibility index (Phi) is 5.11. The third-order valence-electron chi connectivity index (χ3n) is 4.97. The summed E-state index contributed by atoms with van der Waals surface area (Å²) >= 11 is 0. The summed E-state index contributed by atoms with van der Waals surface area (Å²) in [6.07, 6.45) is 4.32. The second-order valence-corrected chi connectivity index (χ2v) is 6.70. The van der Waals surface area contributed by atoms with Gasteiger partial charge in [-0.15, -0.1) is 0 Å². The number of carbonyl (C=O) groups excluding carboxylic acids is 3. The molecule has 1 aliphatic carbocycles. The highest BCUT2D eigenvalue weighted by molar-refractivity contribution is 6.12. The minimum Gasteiger partial charge on any atom is -0.462 e. The van der Waals surface area contributed by atoms with Crippen molar-refractivity contribution in [3.05, 3.63) is 41.0 Å². The average Bonchev–Trinajstić information content (AvgIpc) is 2.86. The molecular weight excluding hydrogens is 334 g/mol. The summed E-state index contributed by atoms with van der Waals surface area (Å²) in [5.74, 6) is -1.13. The molecule has 0 saturated heterocycles. The fourth-order valence-electron chi connectivity index (χ4n) is 3.70. The van der Waals surface area contributed by atoms with E-state index in [0.717, 1.165) is 19.3 Å². The van der Waals surface area contributed by atoms with Crippen molar-refractivity contribution in [1.82, 2.24) is 0 Å². The smallest absolute Gasteiger partial charge is 0.338 e. The molecule has 1 spiro atoms. The van der Waals surface area contributed by atoms with Crippen molar-refractivity contribution in [2.24, 2.45) is 0 Å². The molecule has 1 heterocycles. The first-order valence-corrected chi connectivity index (χ1v) is 9.00. The number of nitrogens with one attached hydrogen (secondary N) is 1. The van der Waals surface area contributed by atoms with Crippen LogP contribution in [0.5, 0.6) is 0 Å². The molecule has 0 bridgehead atoms. The van der Waals surface area contributed by atoms with Crippen LogP contribution in [-0.2, 0) is 19.1 Å². The Morgan fingerprint density at radius 2 is 1.81 bits per heavy atom. The zero-order valence-corrected chi connectivity index (χ0v) is 15.1. The number of carbonyl (C=O) groups is 3. The van der Waals surface area contributed by atoms with Crippen LogP contribution in [0.15, 0.2) is 35.4 Å². The largest absolute Gasteiger partial charge is 0.462 e. The van der Waals surface area contributed by atoms with Gasteiger partial charge in [-0.25, -0.2) is 9.59 Å². The number of amides is 1. The lowest BCUT2D eigenvalue weighted by Crippen LogP contribution is -2.39. The summed E-state index contributed by atoms with van der Waals surface area (Å²) in [4.78, 5) is 36.7. The number of hydrogen-bond donors (Lipinski definition) is 1. The van der Waals surface area contributed by atoms with Gasteiger partial charge in [0, 0.05) is 11.3 Å². The van der Waals surface area contributed by atoms with E-state index in [1.807, 2.05) is 0 Å². The Bertz CT molecular complexity index is 757. The molecule has 6 nitrogen and oxygen atoms in total. The van der Waals surface area contributed by atoms with Crippen LogP contribution in [0.1, 0.15) is 56.3 Å². The van der Waals surface area contributed by atoms with E-state index in [9.17, 15) is 14.4 Å². The van der Waals surface area contributed by atoms with Crippen LogP contribution in [0.25, 0.3) is 0 Å². The van der Waals surface area contributed by atoms with Crippen molar-refractivity contribution in [3.63, 3.8) is 0 Å². The quantitative estimate of drug-likeness (QED) is 0.836. The molecule has 0 unspecified atom stereocenters. The molecule has 0 atom stereocenters. The number of anilines is 1. The lowest BCUT2D eigenvalue weighted by atomic mass is 9.78. The van der Waals surface area contributed by atoms with Crippen LogP contribution in [0.4, 0.5) is 5.69 Å². The highest BCUT2D eigenvalue weighted by Crippen LogP contribution is 2.44. The maximum atomic E-state index is 12.9. The Morgan fingerprint density at radius 3 is 2.42 bits per heavy atom. The predicted octanol–water partition coefficient (Wildman–Crippen LogP) is 3.38. The molecule has 1 aromatic carbocycles. The number of benzene rings is 1. The van der Waals surface area contributed by atoms with Gasteiger partial charge in [0.25, 0.3) is 5.91 Å². The summed E-state index contributed by atoms with van der Waals surface area (Å²) in [5, 5.41) is 2.82. The molecule has 26 heavy (non-hydrogen) atoms. The molecule has 0 radical (unpaired) electrons. The fourth-order valence-corrected chi connectivity index (χ4v) is 3.70. The van der Waals surface area contributed by atoms with Crippen molar-refractivity contribution in [1.29, 1.82) is 0 Å². The van der Waals surface area contributed by atoms with Gasteiger partial charge in [0.05, 0.1) is 17.7 Å². The number of ether oxygens (including phenoxy) is 2. The summed E-state index contributed by atoms with van der Waals surface area (Å²) in [5.41, 5.74) is 1.01. The van der Waals surface area contributed by atoms with E-state index in [2.05, 4.69) is 5.32 Å². The molecule has 1 aromatic rings. The Morgan fingerprint density at radius 1 is 1.15 bits per heavy atom. The third kappa shape index (κ3) is 3.36. The van der Waals surface area contributed by atoms with Crippen LogP contribution in [0.3, 0.4) is 0 Å². The predicted molar refractivity (Wildman–Crippen MR) is 95.6 cm³/mol. The van der Waals surface area contributed by atoms with E-state index in [1.165, 1.54) is 0 Å². The van der Waals surface area contributed by atoms with Crippen LogP contribution >= 0.6 is 0 Å². The first kappa shape index (κ1) is 18.2. The number of esters is 2. The zero-order chi connectivity index (χ0) is 18.7. The summed E-state index contributed by atoms with van der Waals surface area (Å²) in [6.45, 7) is 3.69. The Balaban J connectivity index is 1.78. The van der Waals surface area contributed by atoms with E-state index >= 15 is 0 Å². The average molecular weight is 357 g/mol. The third-order valence-corrected chi connectivity index (χ3v) is 4.97. The fraction of sp³-hybridized carbons (Fsp3) is 0.450. The minimum atomic E-state index is -0.783. The molecule has 1 saturated carbocycles. The number of hydrogen-bond acceptors (Lipinski definition) is 5. The van der Waals surface area contributed by atoms with Crippen LogP contribution in [0.2, 0.25) is 0 Å². The van der Waals surface area contributed by atoms with Gasteiger partial charge in [-0.05, 0) is 63.8 Å². The molecule has 138 valence electrons. The maximum Gasteiger partial charge on any atom is 0.338 e. The van der Waals surface area contributed by atoms with E-state index in [-0.39, 0.29) is 5.91 Å². The van der Waals surface area contributed by atoms with Crippen molar-refractivity contribution < 1.29 is 23.9 Å². The van der Waals surface area contributed by atoms with Gasteiger partial charge in [-0.1, -0.05) is 6.42 Å². The van der Waals surface area contributed by atoms with Crippen molar-refractivity contribution in [2.75, 3.05) is 11.9 Å². The van der Waals surface area contributed by atoms with E-state index < -0.39 is 17.5 Å². The molecule has 1 amide bonds. The Labute approximate surface area is 152 Å².